The van der Waals surface area contributed by atoms with Gasteiger partial charge in [-0.2, -0.15) is 0 Å². The van der Waals surface area contributed by atoms with Crippen LogP contribution in [0.2, 0.25) is 0 Å². The van der Waals surface area contributed by atoms with Crippen LogP contribution in [-0.4, -0.2) is 24.5 Å². The third-order valence-electron chi connectivity index (χ3n) is 2.70. The van der Waals surface area contributed by atoms with Gasteiger partial charge in [0.1, 0.15) is 0 Å². The summed E-state index contributed by atoms with van der Waals surface area (Å²) in [5, 5.41) is 3.41. The minimum atomic E-state index is 0.241. The van der Waals surface area contributed by atoms with Gasteiger partial charge in [-0.25, -0.2) is 4.98 Å². The van der Waals surface area contributed by atoms with Crippen molar-refractivity contribution < 1.29 is 4.74 Å². The number of nitrogens with zero attached hydrogens (tertiary/aromatic N) is 1. The van der Waals surface area contributed by atoms with E-state index in [1.807, 2.05) is 12.1 Å². The number of nitrogens with one attached hydrogen (secondary N) is 1. The van der Waals surface area contributed by atoms with Crippen molar-refractivity contribution in [1.29, 1.82) is 0 Å². The van der Waals surface area contributed by atoms with Gasteiger partial charge in [0.15, 0.2) is 0 Å². The van der Waals surface area contributed by atoms with Crippen LogP contribution in [0.25, 0.3) is 0 Å². The van der Waals surface area contributed by atoms with Crippen LogP contribution in [0.4, 0.5) is 5.69 Å². The molecule has 0 fully saturated rings. The summed E-state index contributed by atoms with van der Waals surface area (Å²) in [6, 6.07) is 3.85. The second kappa shape index (κ2) is 6.70. The number of rotatable bonds is 7. The molecular formula is C13H21ClN2O. The molecular weight excluding hydrogens is 236 g/mol. The fourth-order valence-corrected chi connectivity index (χ4v) is 1.74. The van der Waals surface area contributed by atoms with Gasteiger partial charge in [-0.05, 0) is 24.3 Å². The molecule has 0 radical (unpaired) electrons. The van der Waals surface area contributed by atoms with E-state index in [1.165, 1.54) is 0 Å². The van der Waals surface area contributed by atoms with E-state index in [-0.39, 0.29) is 5.41 Å². The molecule has 3 nitrogen and oxygen atoms in total. The summed E-state index contributed by atoms with van der Waals surface area (Å²) in [5.41, 5.74) is 1.28. The molecule has 0 saturated heterocycles. The molecule has 0 aliphatic rings. The van der Waals surface area contributed by atoms with Gasteiger partial charge in [0.2, 0.25) is 5.88 Å². The molecule has 0 aliphatic heterocycles. The Morgan fingerprint density at radius 1 is 1.47 bits per heavy atom. The van der Waals surface area contributed by atoms with Crippen molar-refractivity contribution in [3.63, 3.8) is 0 Å². The Kier molecular flexibility index (Phi) is 5.56. The van der Waals surface area contributed by atoms with E-state index in [0.29, 0.717) is 5.88 Å². The van der Waals surface area contributed by atoms with E-state index in [4.69, 9.17) is 16.3 Å². The number of ether oxygens (including phenoxy) is 1. The van der Waals surface area contributed by atoms with Gasteiger partial charge in [0, 0.05) is 30.4 Å². The molecule has 0 amide bonds. The number of pyridine rings is 1. The molecule has 0 atom stereocenters. The summed E-state index contributed by atoms with van der Waals surface area (Å²) in [5.74, 6) is 1.36. The maximum Gasteiger partial charge on any atom is 0.214 e. The van der Waals surface area contributed by atoms with E-state index < -0.39 is 0 Å². The first-order valence-electron chi connectivity index (χ1n) is 5.87. The molecule has 1 aromatic rings. The van der Waals surface area contributed by atoms with Crippen LogP contribution >= 0.6 is 11.6 Å². The predicted molar refractivity (Wildman–Crippen MR) is 73.0 cm³/mol. The molecule has 0 saturated carbocycles. The van der Waals surface area contributed by atoms with E-state index in [2.05, 4.69) is 24.1 Å². The second-order valence-corrected chi connectivity index (χ2v) is 5.28. The predicted octanol–water partition coefficient (Wildman–Crippen LogP) is 3.55. The molecule has 0 aliphatic carbocycles. The van der Waals surface area contributed by atoms with E-state index in [9.17, 15) is 0 Å². The fraction of sp³-hybridized carbons (Fsp3) is 0.615. The summed E-state index contributed by atoms with van der Waals surface area (Å²) < 4.78 is 5.08. The second-order valence-electron chi connectivity index (χ2n) is 4.90. The Bertz CT molecular complexity index is 342. The number of hydrogen-bond acceptors (Lipinski definition) is 3. The summed E-state index contributed by atoms with van der Waals surface area (Å²) >= 11 is 5.72. The van der Waals surface area contributed by atoms with Crippen molar-refractivity contribution >= 4 is 17.3 Å². The number of methoxy groups -OCH3 is 1. The van der Waals surface area contributed by atoms with Gasteiger partial charge in [0.25, 0.3) is 0 Å². The average Bonchev–Trinajstić information content (AvgIpc) is 2.34. The molecule has 0 bridgehead atoms. The summed E-state index contributed by atoms with van der Waals surface area (Å²) in [6.45, 7) is 5.40. The highest BCUT2D eigenvalue weighted by molar-refractivity contribution is 6.17. The lowest BCUT2D eigenvalue weighted by atomic mass is 9.88. The third-order valence-corrected chi connectivity index (χ3v) is 2.97. The van der Waals surface area contributed by atoms with Gasteiger partial charge in [0.05, 0.1) is 7.11 Å². The van der Waals surface area contributed by atoms with Crippen molar-refractivity contribution in [1.82, 2.24) is 4.98 Å². The lowest BCUT2D eigenvalue weighted by molar-refractivity contribution is 0.355. The van der Waals surface area contributed by atoms with E-state index in [0.717, 1.165) is 31.0 Å². The quantitative estimate of drug-likeness (QED) is 0.758. The number of hydrogen-bond donors (Lipinski definition) is 1. The Balaban J connectivity index is 2.48. The summed E-state index contributed by atoms with van der Waals surface area (Å²) in [6.07, 6.45) is 3.91. The topological polar surface area (TPSA) is 34.1 Å². The first kappa shape index (κ1) is 14.1. The van der Waals surface area contributed by atoms with Crippen LogP contribution in [0.3, 0.4) is 0 Å². The Hall–Kier alpha value is -0.960. The average molecular weight is 257 g/mol. The number of aromatic nitrogens is 1. The van der Waals surface area contributed by atoms with Gasteiger partial charge in [-0.3, -0.25) is 0 Å². The molecule has 0 spiro atoms. The maximum atomic E-state index is 5.72. The first-order valence-corrected chi connectivity index (χ1v) is 6.41. The van der Waals surface area contributed by atoms with Gasteiger partial charge in [-0.1, -0.05) is 13.8 Å². The van der Waals surface area contributed by atoms with Gasteiger partial charge >= 0.3 is 0 Å². The largest absolute Gasteiger partial charge is 0.481 e. The minimum Gasteiger partial charge on any atom is -0.481 e. The molecule has 1 aromatic heterocycles. The SMILES string of the molecule is COc1cc(NCC(C)(C)CCCCl)ccn1. The number of anilines is 1. The highest BCUT2D eigenvalue weighted by Crippen LogP contribution is 2.24. The van der Waals surface area contributed by atoms with Crippen molar-refractivity contribution in [3.8, 4) is 5.88 Å². The van der Waals surface area contributed by atoms with Crippen molar-refractivity contribution in [3.05, 3.63) is 18.3 Å². The number of halogens is 1. The lowest BCUT2D eigenvalue weighted by Crippen LogP contribution is -2.23. The van der Waals surface area contributed by atoms with Crippen molar-refractivity contribution in [2.75, 3.05) is 24.9 Å². The van der Waals surface area contributed by atoms with E-state index >= 15 is 0 Å². The normalized spacial score (nSPS) is 11.3. The zero-order valence-corrected chi connectivity index (χ0v) is 11.5. The lowest BCUT2D eigenvalue weighted by Gasteiger charge is -2.25. The van der Waals surface area contributed by atoms with Gasteiger partial charge in [-0.15, -0.1) is 11.6 Å². The molecule has 96 valence electrons. The Morgan fingerprint density at radius 2 is 2.24 bits per heavy atom. The molecule has 1 rings (SSSR count). The van der Waals surface area contributed by atoms with Crippen molar-refractivity contribution in [2.24, 2.45) is 5.41 Å². The zero-order valence-electron chi connectivity index (χ0n) is 10.8. The third kappa shape index (κ3) is 5.26. The van der Waals surface area contributed by atoms with Crippen LogP contribution in [0.1, 0.15) is 26.7 Å². The molecule has 1 heterocycles. The maximum absolute atomic E-state index is 5.72. The molecule has 1 N–H and O–H groups in total. The minimum absolute atomic E-state index is 0.241. The highest BCUT2D eigenvalue weighted by Gasteiger charge is 2.16. The number of alkyl halides is 1. The smallest absolute Gasteiger partial charge is 0.214 e. The van der Waals surface area contributed by atoms with Crippen LogP contribution in [0.5, 0.6) is 5.88 Å². The van der Waals surface area contributed by atoms with Crippen LogP contribution < -0.4 is 10.1 Å². The Morgan fingerprint density at radius 3 is 2.88 bits per heavy atom. The molecule has 17 heavy (non-hydrogen) atoms. The zero-order chi connectivity index (χ0) is 12.7. The van der Waals surface area contributed by atoms with E-state index in [1.54, 1.807) is 13.3 Å². The standard InChI is InChI=1S/C13H21ClN2O/c1-13(2,6-4-7-14)10-16-11-5-8-15-12(9-11)17-3/h5,8-9H,4,6-7,10H2,1-3H3,(H,15,16). The summed E-state index contributed by atoms with van der Waals surface area (Å²) in [7, 11) is 1.62. The fourth-order valence-electron chi connectivity index (χ4n) is 1.61. The Labute approximate surface area is 109 Å². The molecule has 0 unspecified atom stereocenters. The van der Waals surface area contributed by atoms with Crippen LogP contribution in [0, 0.1) is 5.41 Å². The summed E-state index contributed by atoms with van der Waals surface area (Å²) in [4.78, 5) is 4.07. The monoisotopic (exact) mass is 256 g/mol. The molecule has 0 aromatic carbocycles. The van der Waals surface area contributed by atoms with Crippen molar-refractivity contribution in [2.45, 2.75) is 26.7 Å². The van der Waals surface area contributed by atoms with Crippen LogP contribution in [-0.2, 0) is 0 Å². The first-order chi connectivity index (χ1) is 8.07. The van der Waals surface area contributed by atoms with Gasteiger partial charge < -0.3 is 10.1 Å². The molecule has 4 heteroatoms. The van der Waals surface area contributed by atoms with Crippen LogP contribution in [0.15, 0.2) is 18.3 Å². The highest BCUT2D eigenvalue weighted by atomic mass is 35.5.